The minimum Gasteiger partial charge on any atom is -0.358 e. The molecular weight excluding hydrogens is 472 g/mol. The Morgan fingerprint density at radius 1 is 1.14 bits per heavy atom. The zero-order valence-electron chi connectivity index (χ0n) is 20.0. The average Bonchev–Trinajstić information content (AvgIpc) is 3.29. The van der Waals surface area contributed by atoms with Crippen LogP contribution in [-0.2, 0) is 11.3 Å². The van der Waals surface area contributed by atoms with E-state index in [4.69, 9.17) is 4.98 Å². The molecule has 1 N–H and O–H groups in total. The van der Waals surface area contributed by atoms with Gasteiger partial charge >= 0.3 is 0 Å². The summed E-state index contributed by atoms with van der Waals surface area (Å²) in [5.41, 5.74) is 7.73. The molecule has 1 atom stereocenters. The Balaban J connectivity index is 1.08. The van der Waals surface area contributed by atoms with E-state index in [2.05, 4.69) is 50.0 Å². The number of hydrogen-bond acceptors (Lipinski definition) is 7. The topological polar surface area (TPSA) is 95.8 Å². The van der Waals surface area contributed by atoms with Crippen molar-refractivity contribution in [2.24, 2.45) is 0 Å². The molecule has 36 heavy (non-hydrogen) atoms. The second kappa shape index (κ2) is 8.41. The quantitative estimate of drug-likeness (QED) is 0.393. The summed E-state index contributed by atoms with van der Waals surface area (Å²) in [6.07, 6.45) is 5.99. The van der Waals surface area contributed by atoms with Gasteiger partial charge < -0.3 is 19.4 Å². The summed E-state index contributed by atoms with van der Waals surface area (Å²) in [6.45, 7) is 4.50. The predicted molar refractivity (Wildman–Crippen MR) is 140 cm³/mol. The Hall–Kier alpha value is -3.79. The zero-order valence-corrected chi connectivity index (χ0v) is 20.8. The van der Waals surface area contributed by atoms with E-state index >= 15 is 0 Å². The van der Waals surface area contributed by atoms with E-state index in [9.17, 15) is 4.79 Å². The Kier molecular flexibility index (Phi) is 5.02. The standard InChI is InChI=1S/C26H26N8OS/c1-16-12-32(9-10-34(16)22(35)13-33-14-28-20-3-2-8-27-25(20)33)26-23(29-15-36-26)24-30-19-7-6-18(17-4-5-17)11-21(19)31-24/h2-3,6-8,11,14-17H,4-5,9-10,12-13H2,1H3,(H,30,31). The number of rotatable bonds is 5. The molecule has 4 aromatic heterocycles. The predicted octanol–water partition coefficient (Wildman–Crippen LogP) is 4.05. The number of carbonyl (C=O) groups excluding carboxylic acids is 1. The van der Waals surface area contributed by atoms with E-state index in [-0.39, 0.29) is 18.5 Å². The number of pyridine rings is 1. The Labute approximate surface area is 211 Å². The third-order valence-electron chi connectivity index (χ3n) is 7.24. The molecule has 1 aromatic carbocycles. The van der Waals surface area contributed by atoms with Gasteiger partial charge in [0.1, 0.15) is 22.8 Å². The van der Waals surface area contributed by atoms with Crippen molar-refractivity contribution >= 4 is 44.4 Å². The van der Waals surface area contributed by atoms with Crippen molar-refractivity contribution in [2.75, 3.05) is 24.5 Å². The van der Waals surface area contributed by atoms with E-state index < -0.39 is 0 Å². The van der Waals surface area contributed by atoms with Gasteiger partial charge in [0.25, 0.3) is 0 Å². The molecule has 1 aliphatic heterocycles. The summed E-state index contributed by atoms with van der Waals surface area (Å²) < 4.78 is 1.83. The molecule has 10 heteroatoms. The van der Waals surface area contributed by atoms with Crippen LogP contribution >= 0.6 is 11.3 Å². The van der Waals surface area contributed by atoms with E-state index in [0.717, 1.165) is 51.8 Å². The van der Waals surface area contributed by atoms with Gasteiger partial charge in [-0.05, 0) is 55.5 Å². The Bertz CT molecular complexity index is 1580. The first kappa shape index (κ1) is 21.5. The zero-order chi connectivity index (χ0) is 24.2. The lowest BCUT2D eigenvalue weighted by atomic mass is 10.1. The number of thiazole rings is 1. The van der Waals surface area contributed by atoms with Gasteiger partial charge in [-0.15, -0.1) is 11.3 Å². The average molecular weight is 499 g/mol. The van der Waals surface area contributed by atoms with Gasteiger partial charge in [0.2, 0.25) is 5.91 Å². The lowest BCUT2D eigenvalue weighted by molar-refractivity contribution is -0.134. The maximum Gasteiger partial charge on any atom is 0.242 e. The number of anilines is 1. The summed E-state index contributed by atoms with van der Waals surface area (Å²) in [6, 6.07) is 10.4. The van der Waals surface area contributed by atoms with Crippen molar-refractivity contribution in [3.63, 3.8) is 0 Å². The highest BCUT2D eigenvalue weighted by molar-refractivity contribution is 7.14. The van der Waals surface area contributed by atoms with Crippen LogP contribution in [0.15, 0.2) is 48.4 Å². The summed E-state index contributed by atoms with van der Waals surface area (Å²) in [5, 5.41) is 1.10. The van der Waals surface area contributed by atoms with Crippen molar-refractivity contribution in [2.45, 2.75) is 38.3 Å². The fraction of sp³-hybridized carbons (Fsp3) is 0.346. The van der Waals surface area contributed by atoms with Crippen LogP contribution in [0.5, 0.6) is 0 Å². The molecule has 5 aromatic rings. The molecule has 2 aliphatic rings. The molecule has 2 fully saturated rings. The Morgan fingerprint density at radius 2 is 2.06 bits per heavy atom. The molecule has 7 rings (SSSR count). The molecule has 9 nitrogen and oxygen atoms in total. The molecule has 5 heterocycles. The fourth-order valence-corrected chi connectivity index (χ4v) is 6.03. The highest BCUT2D eigenvalue weighted by Gasteiger charge is 2.30. The van der Waals surface area contributed by atoms with E-state index in [1.807, 2.05) is 27.1 Å². The highest BCUT2D eigenvalue weighted by atomic mass is 32.1. The molecule has 1 aliphatic carbocycles. The number of H-pyrrole nitrogens is 1. The minimum absolute atomic E-state index is 0.0701. The fourth-order valence-electron chi connectivity index (χ4n) is 5.20. The van der Waals surface area contributed by atoms with Crippen molar-refractivity contribution in [1.82, 2.24) is 34.4 Å². The van der Waals surface area contributed by atoms with E-state index in [1.165, 1.54) is 18.4 Å². The number of imidazole rings is 2. The molecular formula is C26H26N8OS. The maximum atomic E-state index is 13.2. The third-order valence-corrected chi connectivity index (χ3v) is 8.13. The molecule has 1 amide bonds. The summed E-state index contributed by atoms with van der Waals surface area (Å²) in [5.74, 6) is 1.60. The second-order valence-electron chi connectivity index (χ2n) is 9.74. The van der Waals surface area contributed by atoms with E-state index in [0.29, 0.717) is 12.5 Å². The van der Waals surface area contributed by atoms with Crippen molar-refractivity contribution < 1.29 is 4.79 Å². The van der Waals surface area contributed by atoms with Gasteiger partial charge in [0.05, 0.1) is 22.9 Å². The lowest BCUT2D eigenvalue weighted by Gasteiger charge is -2.40. The SMILES string of the molecule is CC1CN(c2scnc2-c2nc3ccc(C4CC4)cc3[nH]2)CCN1C(=O)Cn1cnc2cccnc21. The van der Waals surface area contributed by atoms with Crippen LogP contribution in [0.3, 0.4) is 0 Å². The summed E-state index contributed by atoms with van der Waals surface area (Å²) in [4.78, 5) is 39.2. The first-order valence-electron chi connectivity index (χ1n) is 12.4. The number of aromatic nitrogens is 6. The molecule has 1 unspecified atom stereocenters. The smallest absolute Gasteiger partial charge is 0.242 e. The number of nitrogens with zero attached hydrogens (tertiary/aromatic N) is 7. The molecule has 182 valence electrons. The van der Waals surface area contributed by atoms with Crippen molar-refractivity contribution in [3.8, 4) is 11.5 Å². The molecule has 0 radical (unpaired) electrons. The summed E-state index contributed by atoms with van der Waals surface area (Å²) >= 11 is 1.63. The number of fused-ring (bicyclic) bond motifs is 2. The van der Waals surface area contributed by atoms with Crippen LogP contribution in [-0.4, -0.2) is 66.0 Å². The van der Waals surface area contributed by atoms with E-state index in [1.54, 1.807) is 23.9 Å². The first-order chi connectivity index (χ1) is 17.6. The van der Waals surface area contributed by atoms with Gasteiger partial charge in [-0.2, -0.15) is 0 Å². The van der Waals surface area contributed by atoms with Crippen LogP contribution in [0.4, 0.5) is 5.00 Å². The molecule has 1 saturated heterocycles. The van der Waals surface area contributed by atoms with Gasteiger partial charge in [0, 0.05) is 31.9 Å². The van der Waals surface area contributed by atoms with Crippen LogP contribution in [0, 0.1) is 0 Å². The number of piperazine rings is 1. The molecule has 0 spiro atoms. The van der Waals surface area contributed by atoms with Gasteiger partial charge in [-0.1, -0.05) is 6.07 Å². The molecule has 0 bridgehead atoms. The number of nitrogens with one attached hydrogen (secondary N) is 1. The third kappa shape index (κ3) is 3.72. The number of amides is 1. The monoisotopic (exact) mass is 498 g/mol. The molecule has 1 saturated carbocycles. The van der Waals surface area contributed by atoms with Crippen LogP contribution in [0.1, 0.15) is 31.2 Å². The largest absolute Gasteiger partial charge is 0.358 e. The maximum absolute atomic E-state index is 13.2. The van der Waals surface area contributed by atoms with Crippen LogP contribution < -0.4 is 4.90 Å². The summed E-state index contributed by atoms with van der Waals surface area (Å²) in [7, 11) is 0. The number of benzene rings is 1. The van der Waals surface area contributed by atoms with Gasteiger partial charge in [-0.3, -0.25) is 4.79 Å². The second-order valence-corrected chi connectivity index (χ2v) is 10.6. The Morgan fingerprint density at radius 3 is 2.92 bits per heavy atom. The minimum atomic E-state index is 0.0701. The van der Waals surface area contributed by atoms with Crippen LogP contribution in [0.2, 0.25) is 0 Å². The number of carbonyl (C=O) groups is 1. The normalized spacial score (nSPS) is 18.4. The first-order valence-corrected chi connectivity index (χ1v) is 13.3. The van der Waals surface area contributed by atoms with Crippen molar-refractivity contribution in [1.29, 1.82) is 0 Å². The number of aromatic amines is 1. The lowest BCUT2D eigenvalue weighted by Crippen LogP contribution is -2.54. The van der Waals surface area contributed by atoms with Gasteiger partial charge in [0.15, 0.2) is 11.5 Å². The number of hydrogen-bond donors (Lipinski definition) is 1. The van der Waals surface area contributed by atoms with Crippen molar-refractivity contribution in [3.05, 3.63) is 53.9 Å². The van der Waals surface area contributed by atoms with Gasteiger partial charge in [-0.25, -0.2) is 19.9 Å². The van der Waals surface area contributed by atoms with Crippen LogP contribution in [0.25, 0.3) is 33.7 Å². The highest BCUT2D eigenvalue weighted by Crippen LogP contribution is 2.41.